The lowest BCUT2D eigenvalue weighted by Crippen LogP contribution is -2.03. The fourth-order valence-electron chi connectivity index (χ4n) is 2.12. The predicted molar refractivity (Wildman–Crippen MR) is 73.2 cm³/mol. The van der Waals surface area contributed by atoms with Gasteiger partial charge in [-0.3, -0.25) is 0 Å². The van der Waals surface area contributed by atoms with Gasteiger partial charge in [0.05, 0.1) is 5.56 Å². The molecule has 0 saturated heterocycles. The van der Waals surface area contributed by atoms with Crippen molar-refractivity contribution >= 4 is 10.8 Å². The molecule has 0 heterocycles. The van der Waals surface area contributed by atoms with Crippen LogP contribution in [-0.2, 0) is 6.18 Å². The number of hydrogen-bond donors (Lipinski definition) is 0. The fourth-order valence-corrected chi connectivity index (χ4v) is 2.12. The third-order valence-electron chi connectivity index (χ3n) is 3.18. The molecule has 0 aliphatic carbocycles. The first-order valence-electron chi connectivity index (χ1n) is 6.13. The van der Waals surface area contributed by atoms with Gasteiger partial charge in [0.2, 0.25) is 0 Å². The molecule has 0 N–H and O–H groups in total. The highest BCUT2D eigenvalue weighted by molar-refractivity contribution is 5.86. The second-order valence-electron chi connectivity index (χ2n) is 4.53. The Morgan fingerprint density at radius 2 is 1.45 bits per heavy atom. The van der Waals surface area contributed by atoms with E-state index in [1.807, 2.05) is 36.4 Å². The van der Waals surface area contributed by atoms with E-state index in [0.717, 1.165) is 34.0 Å². The van der Waals surface area contributed by atoms with E-state index in [9.17, 15) is 13.2 Å². The van der Waals surface area contributed by atoms with E-state index in [2.05, 4.69) is 6.07 Å². The Morgan fingerprint density at radius 1 is 0.750 bits per heavy atom. The molecule has 0 fully saturated rings. The van der Waals surface area contributed by atoms with Crippen molar-refractivity contribution in [2.75, 3.05) is 0 Å². The summed E-state index contributed by atoms with van der Waals surface area (Å²) in [5.41, 5.74) is 0.878. The van der Waals surface area contributed by atoms with Crippen LogP contribution in [0.15, 0.2) is 60.7 Å². The van der Waals surface area contributed by atoms with Gasteiger partial charge in [-0.15, -0.1) is 0 Å². The molecule has 3 aromatic rings. The molecule has 0 aromatic heterocycles. The van der Waals surface area contributed by atoms with Gasteiger partial charge in [-0.05, 0) is 40.1 Å². The summed E-state index contributed by atoms with van der Waals surface area (Å²) in [6, 6.07) is 19.9. The van der Waals surface area contributed by atoms with Gasteiger partial charge in [0.1, 0.15) is 0 Å². The number of halogens is 3. The maximum atomic E-state index is 12.5. The van der Waals surface area contributed by atoms with Crippen molar-refractivity contribution in [2.24, 2.45) is 0 Å². The Labute approximate surface area is 114 Å². The SMILES string of the molecule is FC(F)(F)c1ccc(-c2[c]c3ccccc3cc2)cc1. The highest BCUT2D eigenvalue weighted by Gasteiger charge is 2.29. The second-order valence-corrected chi connectivity index (χ2v) is 4.53. The zero-order valence-electron chi connectivity index (χ0n) is 10.4. The van der Waals surface area contributed by atoms with Gasteiger partial charge in [-0.1, -0.05) is 48.5 Å². The lowest BCUT2D eigenvalue weighted by molar-refractivity contribution is -0.137. The first kappa shape index (κ1) is 12.7. The maximum absolute atomic E-state index is 12.5. The summed E-state index contributed by atoms with van der Waals surface area (Å²) < 4.78 is 37.6. The molecule has 20 heavy (non-hydrogen) atoms. The Balaban J connectivity index is 2.02. The topological polar surface area (TPSA) is 0 Å². The van der Waals surface area contributed by atoms with Crippen molar-refractivity contribution in [3.63, 3.8) is 0 Å². The highest BCUT2D eigenvalue weighted by Crippen LogP contribution is 2.31. The molecule has 1 radical (unpaired) electrons. The van der Waals surface area contributed by atoms with Gasteiger partial charge in [0.15, 0.2) is 0 Å². The number of rotatable bonds is 1. The van der Waals surface area contributed by atoms with E-state index in [0.29, 0.717) is 0 Å². The average molecular weight is 271 g/mol. The van der Waals surface area contributed by atoms with Crippen molar-refractivity contribution in [1.82, 2.24) is 0 Å². The fraction of sp³-hybridized carbons (Fsp3) is 0.0588. The van der Waals surface area contributed by atoms with Crippen LogP contribution in [-0.4, -0.2) is 0 Å². The van der Waals surface area contributed by atoms with Crippen molar-refractivity contribution in [1.29, 1.82) is 0 Å². The van der Waals surface area contributed by atoms with Gasteiger partial charge in [-0.25, -0.2) is 0 Å². The molecule has 3 rings (SSSR count). The van der Waals surface area contributed by atoms with Gasteiger partial charge < -0.3 is 0 Å². The van der Waals surface area contributed by atoms with Crippen LogP contribution in [0.5, 0.6) is 0 Å². The van der Waals surface area contributed by atoms with Crippen molar-refractivity contribution in [2.45, 2.75) is 6.18 Å². The van der Waals surface area contributed by atoms with Crippen LogP contribution in [0.3, 0.4) is 0 Å². The molecule has 0 amide bonds. The van der Waals surface area contributed by atoms with Gasteiger partial charge in [0.25, 0.3) is 0 Å². The minimum absolute atomic E-state index is 0.637. The molecule has 3 heteroatoms. The summed E-state index contributed by atoms with van der Waals surface area (Å²) in [6.45, 7) is 0. The zero-order valence-corrected chi connectivity index (χ0v) is 10.4. The van der Waals surface area contributed by atoms with E-state index >= 15 is 0 Å². The van der Waals surface area contributed by atoms with Gasteiger partial charge in [0, 0.05) is 0 Å². The largest absolute Gasteiger partial charge is 0.416 e. The van der Waals surface area contributed by atoms with Crippen LogP contribution in [0.4, 0.5) is 13.2 Å². The summed E-state index contributed by atoms with van der Waals surface area (Å²) in [4.78, 5) is 0. The first-order valence-corrected chi connectivity index (χ1v) is 6.13. The summed E-state index contributed by atoms with van der Waals surface area (Å²) in [6.07, 6.45) is -4.30. The monoisotopic (exact) mass is 271 g/mol. The minimum Gasteiger partial charge on any atom is -0.166 e. The molecule has 0 spiro atoms. The molecule has 0 saturated carbocycles. The summed E-state index contributed by atoms with van der Waals surface area (Å²) in [5.74, 6) is 0. The second kappa shape index (κ2) is 4.67. The van der Waals surface area contributed by atoms with Crippen LogP contribution < -0.4 is 0 Å². The third kappa shape index (κ3) is 2.39. The van der Waals surface area contributed by atoms with Crippen molar-refractivity contribution in [3.8, 4) is 11.1 Å². The van der Waals surface area contributed by atoms with Crippen molar-refractivity contribution < 1.29 is 13.2 Å². The molecule has 0 aliphatic heterocycles. The van der Waals surface area contributed by atoms with Crippen LogP contribution in [0.25, 0.3) is 21.9 Å². The van der Waals surface area contributed by atoms with E-state index in [1.54, 1.807) is 0 Å². The molecular formula is C17H10F3. The van der Waals surface area contributed by atoms with Crippen LogP contribution in [0.2, 0.25) is 0 Å². The number of fused-ring (bicyclic) bond motifs is 1. The standard InChI is InChI=1S/C17H10F3/c18-17(19,20)16-9-7-13(8-10-16)15-6-5-12-3-1-2-4-14(12)11-15/h1-10H. The van der Waals surface area contributed by atoms with E-state index in [4.69, 9.17) is 0 Å². The van der Waals surface area contributed by atoms with E-state index in [1.165, 1.54) is 12.1 Å². The lowest BCUT2D eigenvalue weighted by atomic mass is 10.0. The maximum Gasteiger partial charge on any atom is 0.416 e. The molecular weight excluding hydrogens is 261 g/mol. The Bertz CT molecular complexity index is 740. The molecule has 0 bridgehead atoms. The Morgan fingerprint density at radius 3 is 2.15 bits per heavy atom. The van der Waals surface area contributed by atoms with Crippen LogP contribution in [0, 0.1) is 6.07 Å². The van der Waals surface area contributed by atoms with E-state index < -0.39 is 11.7 Å². The summed E-state index contributed by atoms with van der Waals surface area (Å²) in [5, 5.41) is 2.01. The van der Waals surface area contributed by atoms with Gasteiger partial charge in [-0.2, -0.15) is 13.2 Å². The minimum atomic E-state index is -4.30. The molecule has 0 nitrogen and oxygen atoms in total. The van der Waals surface area contributed by atoms with Crippen LogP contribution >= 0.6 is 0 Å². The Hall–Kier alpha value is -2.29. The number of benzene rings is 3. The molecule has 0 aliphatic rings. The average Bonchev–Trinajstić information content (AvgIpc) is 2.46. The summed E-state index contributed by atoms with van der Waals surface area (Å²) >= 11 is 0. The predicted octanol–water partition coefficient (Wildman–Crippen LogP) is 5.33. The van der Waals surface area contributed by atoms with Gasteiger partial charge >= 0.3 is 6.18 Å². The first-order chi connectivity index (χ1) is 9.54. The third-order valence-corrected chi connectivity index (χ3v) is 3.18. The smallest absolute Gasteiger partial charge is 0.166 e. The summed E-state index contributed by atoms with van der Waals surface area (Å²) in [7, 11) is 0. The molecule has 3 aromatic carbocycles. The zero-order chi connectivity index (χ0) is 14.2. The number of hydrogen-bond acceptors (Lipinski definition) is 0. The highest BCUT2D eigenvalue weighted by atomic mass is 19.4. The molecule has 99 valence electrons. The quantitative estimate of drug-likeness (QED) is 0.561. The molecule has 0 atom stereocenters. The number of alkyl halides is 3. The van der Waals surface area contributed by atoms with E-state index in [-0.39, 0.29) is 0 Å². The molecule has 0 unspecified atom stereocenters. The lowest BCUT2D eigenvalue weighted by Gasteiger charge is -2.08. The van der Waals surface area contributed by atoms with Crippen molar-refractivity contribution in [3.05, 3.63) is 72.3 Å². The van der Waals surface area contributed by atoms with Crippen LogP contribution in [0.1, 0.15) is 5.56 Å². The Kier molecular flexibility index (Phi) is 2.97. The normalized spacial score (nSPS) is 11.8.